The van der Waals surface area contributed by atoms with Crippen molar-refractivity contribution in [3.05, 3.63) is 0 Å². The molecule has 2 heterocycles. The van der Waals surface area contributed by atoms with E-state index in [1.807, 2.05) is 6.92 Å². The Balaban J connectivity index is 2.04. The van der Waals surface area contributed by atoms with Crippen molar-refractivity contribution in [3.8, 4) is 6.01 Å². The van der Waals surface area contributed by atoms with Crippen LogP contribution in [-0.4, -0.2) is 46.7 Å². The lowest BCUT2D eigenvalue weighted by Crippen LogP contribution is -2.35. The quantitative estimate of drug-likeness (QED) is 0.808. The molecule has 0 saturated carbocycles. The van der Waals surface area contributed by atoms with Crippen molar-refractivity contribution in [1.82, 2.24) is 20.0 Å². The lowest BCUT2D eigenvalue weighted by molar-refractivity contribution is 0.267. The maximum Gasteiger partial charge on any atom is 0.323 e. The van der Waals surface area contributed by atoms with E-state index in [1.165, 1.54) is 19.3 Å². The van der Waals surface area contributed by atoms with Gasteiger partial charge in [-0.1, -0.05) is 13.3 Å². The van der Waals surface area contributed by atoms with Crippen LogP contribution in [0, 0.1) is 0 Å². The molecule has 0 bridgehead atoms. The minimum atomic E-state index is 0.362. The van der Waals surface area contributed by atoms with Gasteiger partial charge in [0, 0.05) is 20.1 Å². The zero-order chi connectivity index (χ0) is 13.5. The Morgan fingerprint density at radius 1 is 1.11 bits per heavy atom. The summed E-state index contributed by atoms with van der Waals surface area (Å²) in [5.74, 6) is 1.05. The van der Waals surface area contributed by atoms with E-state index in [9.17, 15) is 0 Å². The Labute approximate surface area is 113 Å². The zero-order valence-corrected chi connectivity index (χ0v) is 11.6. The van der Waals surface area contributed by atoms with Crippen molar-refractivity contribution in [3.63, 3.8) is 0 Å². The summed E-state index contributed by atoms with van der Waals surface area (Å²) in [6.45, 7) is 4.70. The largest absolute Gasteiger partial charge is 0.463 e. The molecule has 19 heavy (non-hydrogen) atoms. The fraction of sp³-hybridized carbons (Fsp3) is 0.750. The molecule has 0 aliphatic carbocycles. The smallest absolute Gasteiger partial charge is 0.323 e. The monoisotopic (exact) mass is 266 g/mol. The van der Waals surface area contributed by atoms with Crippen LogP contribution >= 0.6 is 0 Å². The van der Waals surface area contributed by atoms with Gasteiger partial charge in [-0.3, -0.25) is 5.43 Å². The molecule has 1 aromatic heterocycles. The van der Waals surface area contributed by atoms with Crippen LogP contribution in [0.4, 0.5) is 11.9 Å². The molecule has 1 aliphatic heterocycles. The Morgan fingerprint density at radius 3 is 2.53 bits per heavy atom. The predicted molar refractivity (Wildman–Crippen MR) is 74.2 cm³/mol. The number of nitrogens with zero attached hydrogens (tertiary/aromatic N) is 4. The van der Waals surface area contributed by atoms with Crippen molar-refractivity contribution < 1.29 is 4.74 Å². The predicted octanol–water partition coefficient (Wildman–Crippen LogP) is 1.51. The summed E-state index contributed by atoms with van der Waals surface area (Å²) in [6, 6.07) is 0.362. The molecule has 106 valence electrons. The number of anilines is 2. The highest BCUT2D eigenvalue weighted by molar-refractivity contribution is 5.34. The normalized spacial score (nSPS) is 16.1. The molecule has 0 atom stereocenters. The number of aromatic nitrogens is 3. The van der Waals surface area contributed by atoms with Crippen LogP contribution in [0.15, 0.2) is 0 Å². The fourth-order valence-corrected chi connectivity index (χ4v) is 1.92. The molecule has 7 nitrogen and oxygen atoms in total. The summed E-state index contributed by atoms with van der Waals surface area (Å²) in [5.41, 5.74) is 3.22. The van der Waals surface area contributed by atoms with E-state index in [0.29, 0.717) is 24.5 Å². The van der Waals surface area contributed by atoms with Gasteiger partial charge >= 0.3 is 6.01 Å². The van der Waals surface area contributed by atoms with E-state index < -0.39 is 0 Å². The number of hydrogen-bond acceptors (Lipinski definition) is 7. The molecule has 0 spiro atoms. The average molecular weight is 266 g/mol. The lowest BCUT2D eigenvalue weighted by atomic mass is 10.2. The lowest BCUT2D eigenvalue weighted by Gasteiger charge is -2.26. The Morgan fingerprint density at radius 2 is 1.84 bits per heavy atom. The van der Waals surface area contributed by atoms with Crippen LogP contribution in [0.25, 0.3) is 0 Å². The highest BCUT2D eigenvalue weighted by atomic mass is 16.5. The Kier molecular flexibility index (Phi) is 5.14. The Bertz CT molecular complexity index is 394. The van der Waals surface area contributed by atoms with Crippen LogP contribution in [0.5, 0.6) is 6.01 Å². The number of nitrogens with one attached hydrogen (secondary N) is 2. The van der Waals surface area contributed by atoms with E-state index in [4.69, 9.17) is 4.74 Å². The van der Waals surface area contributed by atoms with Gasteiger partial charge in [0.15, 0.2) is 0 Å². The maximum atomic E-state index is 5.47. The molecule has 0 amide bonds. The summed E-state index contributed by atoms with van der Waals surface area (Å²) in [6.07, 6.45) is 4.63. The molecule has 7 heteroatoms. The molecule has 2 N–H and O–H groups in total. The maximum absolute atomic E-state index is 5.47. The third kappa shape index (κ3) is 4.20. The van der Waals surface area contributed by atoms with Gasteiger partial charge in [-0.25, -0.2) is 5.01 Å². The van der Waals surface area contributed by atoms with Crippen LogP contribution < -0.4 is 15.5 Å². The van der Waals surface area contributed by atoms with Crippen molar-refractivity contribution in [1.29, 1.82) is 0 Å². The molecular weight excluding hydrogens is 244 g/mol. The number of hydrogen-bond donors (Lipinski definition) is 2. The van der Waals surface area contributed by atoms with Gasteiger partial charge in [0.25, 0.3) is 0 Å². The summed E-state index contributed by atoms with van der Waals surface area (Å²) in [7, 11) is 1.78. The molecular formula is C12H22N6O. The standard InChI is InChI=1S/C12H22N6O/c1-3-9-19-12-15-10(13-2)14-11(16-12)17-18-7-5-4-6-8-18/h3-9H2,1-2H3,(H2,13,14,15,16,17). The minimum Gasteiger partial charge on any atom is -0.463 e. The van der Waals surface area contributed by atoms with Crippen molar-refractivity contribution in [2.45, 2.75) is 32.6 Å². The van der Waals surface area contributed by atoms with Crippen LogP contribution in [0.3, 0.4) is 0 Å². The highest BCUT2D eigenvalue weighted by Gasteiger charge is 2.13. The molecule has 0 aromatic carbocycles. The summed E-state index contributed by atoms with van der Waals surface area (Å²) < 4.78 is 5.47. The fourth-order valence-electron chi connectivity index (χ4n) is 1.92. The van der Waals surface area contributed by atoms with E-state index in [0.717, 1.165) is 19.5 Å². The van der Waals surface area contributed by atoms with Gasteiger partial charge in [-0.05, 0) is 19.3 Å². The van der Waals surface area contributed by atoms with Crippen molar-refractivity contribution in [2.75, 3.05) is 37.5 Å². The van der Waals surface area contributed by atoms with E-state index >= 15 is 0 Å². The molecule has 0 radical (unpaired) electrons. The summed E-state index contributed by atoms with van der Waals surface area (Å²) in [5, 5.41) is 5.06. The van der Waals surface area contributed by atoms with Gasteiger partial charge < -0.3 is 10.1 Å². The molecule has 2 rings (SSSR count). The minimum absolute atomic E-state index is 0.362. The van der Waals surface area contributed by atoms with Gasteiger partial charge in [-0.2, -0.15) is 15.0 Å². The first-order valence-electron chi connectivity index (χ1n) is 6.90. The molecule has 0 unspecified atom stereocenters. The zero-order valence-electron chi connectivity index (χ0n) is 11.6. The third-order valence-electron chi connectivity index (χ3n) is 2.89. The number of rotatable bonds is 6. The van der Waals surface area contributed by atoms with Gasteiger partial charge in [-0.15, -0.1) is 0 Å². The highest BCUT2D eigenvalue weighted by Crippen LogP contribution is 2.14. The summed E-state index contributed by atoms with van der Waals surface area (Å²) >= 11 is 0. The number of hydrazine groups is 1. The SMILES string of the molecule is CCCOc1nc(NC)nc(NN2CCCCC2)n1. The molecule has 1 fully saturated rings. The van der Waals surface area contributed by atoms with Crippen LogP contribution in [0.1, 0.15) is 32.6 Å². The number of ether oxygens (including phenoxy) is 1. The van der Waals surface area contributed by atoms with Gasteiger partial charge in [0.2, 0.25) is 11.9 Å². The summed E-state index contributed by atoms with van der Waals surface area (Å²) in [4.78, 5) is 12.7. The van der Waals surface area contributed by atoms with Crippen LogP contribution in [0.2, 0.25) is 0 Å². The van der Waals surface area contributed by atoms with Crippen molar-refractivity contribution in [2.24, 2.45) is 0 Å². The molecule has 1 saturated heterocycles. The average Bonchev–Trinajstić information content (AvgIpc) is 2.46. The van der Waals surface area contributed by atoms with Crippen molar-refractivity contribution >= 4 is 11.9 Å². The van der Waals surface area contributed by atoms with Gasteiger partial charge in [0.05, 0.1) is 6.61 Å². The first-order valence-corrected chi connectivity index (χ1v) is 6.90. The number of piperidine rings is 1. The second kappa shape index (κ2) is 7.08. The molecule has 1 aliphatic rings. The second-order valence-corrected chi connectivity index (χ2v) is 4.52. The van der Waals surface area contributed by atoms with Gasteiger partial charge in [0.1, 0.15) is 0 Å². The topological polar surface area (TPSA) is 75.2 Å². The van der Waals surface area contributed by atoms with E-state index in [-0.39, 0.29) is 0 Å². The van der Waals surface area contributed by atoms with E-state index in [2.05, 4.69) is 30.7 Å². The third-order valence-corrected chi connectivity index (χ3v) is 2.89. The first-order chi connectivity index (χ1) is 9.31. The Hall–Kier alpha value is -1.63. The first kappa shape index (κ1) is 13.8. The second-order valence-electron chi connectivity index (χ2n) is 4.52. The van der Waals surface area contributed by atoms with Crippen LogP contribution in [-0.2, 0) is 0 Å². The van der Waals surface area contributed by atoms with E-state index in [1.54, 1.807) is 7.05 Å². The molecule has 1 aromatic rings.